The molecule has 1 saturated carbocycles. The van der Waals surface area contributed by atoms with Gasteiger partial charge in [-0.05, 0) is 30.5 Å². The van der Waals surface area contributed by atoms with Gasteiger partial charge in [-0.3, -0.25) is 14.5 Å². The molecule has 1 aliphatic heterocycles. The van der Waals surface area contributed by atoms with Crippen molar-refractivity contribution in [2.45, 2.75) is 18.3 Å². The average Bonchev–Trinajstić information content (AvgIpc) is 3.14. The molecule has 2 amide bonds. The van der Waals surface area contributed by atoms with Crippen molar-refractivity contribution in [3.63, 3.8) is 0 Å². The molecular formula is C14H14N2O2. The van der Waals surface area contributed by atoms with Gasteiger partial charge in [0.2, 0.25) is 5.91 Å². The van der Waals surface area contributed by atoms with Crippen LogP contribution >= 0.6 is 0 Å². The van der Waals surface area contributed by atoms with Crippen molar-refractivity contribution in [2.24, 2.45) is 0 Å². The topological polar surface area (TPSA) is 63.4 Å². The van der Waals surface area contributed by atoms with Crippen LogP contribution in [0.4, 0.5) is 5.69 Å². The van der Waals surface area contributed by atoms with Crippen LogP contribution in [0.3, 0.4) is 0 Å². The second-order valence-corrected chi connectivity index (χ2v) is 4.90. The number of benzene rings is 1. The maximum absolute atomic E-state index is 12.4. The van der Waals surface area contributed by atoms with Crippen LogP contribution in [0, 0.1) is 0 Å². The zero-order valence-electron chi connectivity index (χ0n) is 9.98. The fraction of sp³-hybridized carbons (Fsp3) is 0.286. The number of rotatable bonds is 2. The number of amides is 2. The van der Waals surface area contributed by atoms with Crippen LogP contribution in [0.1, 0.15) is 28.8 Å². The zero-order chi connectivity index (χ0) is 12.9. The molecule has 1 fully saturated rings. The summed E-state index contributed by atoms with van der Waals surface area (Å²) in [4.78, 5) is 25.9. The molecule has 18 heavy (non-hydrogen) atoms. The predicted octanol–water partition coefficient (Wildman–Crippen LogP) is 1.47. The Kier molecular flexibility index (Phi) is 2.11. The van der Waals surface area contributed by atoms with Crippen LogP contribution in [0.15, 0.2) is 30.9 Å². The lowest BCUT2D eigenvalue weighted by atomic mass is 9.85. The van der Waals surface area contributed by atoms with Gasteiger partial charge in [0.1, 0.15) is 0 Å². The number of carbonyl (C=O) groups is 2. The molecule has 0 bridgehead atoms. The highest BCUT2D eigenvalue weighted by atomic mass is 16.2. The SMILES string of the molecule is C=CCN1C(=O)c2cc(N)ccc2C2(CC2)C1=O. The highest BCUT2D eigenvalue weighted by Crippen LogP contribution is 2.53. The largest absolute Gasteiger partial charge is 0.399 e. The van der Waals surface area contributed by atoms with E-state index in [4.69, 9.17) is 5.73 Å². The van der Waals surface area contributed by atoms with Crippen LogP contribution in [-0.4, -0.2) is 23.3 Å². The van der Waals surface area contributed by atoms with Crippen molar-refractivity contribution < 1.29 is 9.59 Å². The molecule has 0 radical (unpaired) electrons. The van der Waals surface area contributed by atoms with E-state index in [1.165, 1.54) is 4.90 Å². The third-order valence-corrected chi connectivity index (χ3v) is 3.75. The lowest BCUT2D eigenvalue weighted by molar-refractivity contribution is -0.131. The molecule has 1 aromatic rings. The number of imide groups is 1. The van der Waals surface area contributed by atoms with E-state index in [-0.39, 0.29) is 18.4 Å². The summed E-state index contributed by atoms with van der Waals surface area (Å²) in [7, 11) is 0. The van der Waals surface area contributed by atoms with Gasteiger partial charge >= 0.3 is 0 Å². The Balaban J connectivity index is 2.18. The molecule has 2 aliphatic rings. The summed E-state index contributed by atoms with van der Waals surface area (Å²) in [5.41, 5.74) is 7.21. The molecule has 1 heterocycles. The Morgan fingerprint density at radius 2 is 2.11 bits per heavy atom. The van der Waals surface area contributed by atoms with Crippen LogP contribution in [0.2, 0.25) is 0 Å². The molecule has 4 nitrogen and oxygen atoms in total. The van der Waals surface area contributed by atoms with Gasteiger partial charge in [-0.15, -0.1) is 6.58 Å². The van der Waals surface area contributed by atoms with Gasteiger partial charge in [0, 0.05) is 17.8 Å². The number of hydrogen-bond acceptors (Lipinski definition) is 3. The summed E-state index contributed by atoms with van der Waals surface area (Å²) in [5, 5.41) is 0. The van der Waals surface area contributed by atoms with Crippen LogP contribution in [0.25, 0.3) is 0 Å². The first-order valence-electron chi connectivity index (χ1n) is 5.97. The standard InChI is InChI=1S/C14H14N2O2/c1-2-7-16-12(17)10-8-9(15)3-4-11(10)14(5-6-14)13(16)18/h2-4,8H,1,5-7,15H2. The van der Waals surface area contributed by atoms with Gasteiger partial charge in [0.05, 0.1) is 5.41 Å². The van der Waals surface area contributed by atoms with Crippen molar-refractivity contribution in [3.8, 4) is 0 Å². The van der Waals surface area contributed by atoms with E-state index >= 15 is 0 Å². The number of fused-ring (bicyclic) bond motifs is 2. The average molecular weight is 242 g/mol. The van der Waals surface area contributed by atoms with Gasteiger partial charge < -0.3 is 5.73 Å². The van der Waals surface area contributed by atoms with E-state index in [1.807, 2.05) is 6.07 Å². The number of carbonyl (C=O) groups excluding carboxylic acids is 2. The van der Waals surface area contributed by atoms with Crippen LogP contribution in [-0.2, 0) is 10.2 Å². The summed E-state index contributed by atoms with van der Waals surface area (Å²) in [6, 6.07) is 5.24. The van der Waals surface area contributed by atoms with Gasteiger partial charge in [-0.25, -0.2) is 0 Å². The molecule has 0 saturated heterocycles. The van der Waals surface area contributed by atoms with E-state index < -0.39 is 5.41 Å². The second-order valence-electron chi connectivity index (χ2n) is 4.90. The minimum Gasteiger partial charge on any atom is -0.399 e. The lowest BCUT2D eigenvalue weighted by Gasteiger charge is -2.32. The Labute approximate surface area is 105 Å². The van der Waals surface area contributed by atoms with E-state index in [9.17, 15) is 9.59 Å². The van der Waals surface area contributed by atoms with Crippen LogP contribution in [0.5, 0.6) is 0 Å². The maximum atomic E-state index is 12.4. The molecule has 92 valence electrons. The molecule has 1 aliphatic carbocycles. The third kappa shape index (κ3) is 1.26. The van der Waals surface area contributed by atoms with Crippen LogP contribution < -0.4 is 5.73 Å². The summed E-state index contributed by atoms with van der Waals surface area (Å²) in [6.07, 6.45) is 3.19. The van der Waals surface area contributed by atoms with Gasteiger partial charge in [0.15, 0.2) is 0 Å². The Hall–Kier alpha value is -2.10. The number of nitrogens with two attached hydrogens (primary N) is 1. The summed E-state index contributed by atoms with van der Waals surface area (Å²) < 4.78 is 0. The molecule has 4 heteroatoms. The third-order valence-electron chi connectivity index (χ3n) is 3.75. The van der Waals surface area contributed by atoms with E-state index in [2.05, 4.69) is 6.58 Å². The first-order valence-corrected chi connectivity index (χ1v) is 5.97. The van der Waals surface area contributed by atoms with Crippen molar-refractivity contribution in [2.75, 3.05) is 12.3 Å². The summed E-state index contributed by atoms with van der Waals surface area (Å²) in [5.74, 6) is -0.357. The van der Waals surface area contributed by atoms with Gasteiger partial charge in [-0.1, -0.05) is 12.1 Å². The molecule has 0 unspecified atom stereocenters. The minimum absolute atomic E-state index is 0.0929. The first-order chi connectivity index (χ1) is 8.60. The number of nitrogen functional groups attached to an aromatic ring is 1. The Morgan fingerprint density at radius 3 is 2.72 bits per heavy atom. The second kappa shape index (κ2) is 3.45. The number of nitrogens with zero attached hydrogens (tertiary/aromatic N) is 1. The Bertz CT molecular complexity index is 573. The molecular weight excluding hydrogens is 228 g/mol. The van der Waals surface area contributed by atoms with Crippen molar-refractivity contribution in [3.05, 3.63) is 42.0 Å². The molecule has 1 spiro atoms. The zero-order valence-corrected chi connectivity index (χ0v) is 9.98. The van der Waals surface area contributed by atoms with Crippen molar-refractivity contribution >= 4 is 17.5 Å². The molecule has 1 aromatic carbocycles. The van der Waals surface area contributed by atoms with E-state index in [1.54, 1.807) is 18.2 Å². The van der Waals surface area contributed by atoms with E-state index in [0.29, 0.717) is 11.3 Å². The fourth-order valence-corrected chi connectivity index (χ4v) is 2.67. The molecule has 3 rings (SSSR count). The van der Waals surface area contributed by atoms with Gasteiger partial charge in [-0.2, -0.15) is 0 Å². The smallest absolute Gasteiger partial charge is 0.261 e. The molecule has 0 atom stereocenters. The minimum atomic E-state index is -0.472. The lowest BCUT2D eigenvalue weighted by Crippen LogP contribution is -2.48. The number of hydrogen-bond donors (Lipinski definition) is 1. The normalized spacial score (nSPS) is 19.9. The molecule has 0 aromatic heterocycles. The summed E-state index contributed by atoms with van der Waals surface area (Å²) in [6.45, 7) is 3.85. The number of anilines is 1. The fourth-order valence-electron chi connectivity index (χ4n) is 2.67. The predicted molar refractivity (Wildman–Crippen MR) is 68.0 cm³/mol. The maximum Gasteiger partial charge on any atom is 0.261 e. The van der Waals surface area contributed by atoms with Gasteiger partial charge in [0.25, 0.3) is 5.91 Å². The van der Waals surface area contributed by atoms with Crippen molar-refractivity contribution in [1.82, 2.24) is 4.90 Å². The van der Waals surface area contributed by atoms with Crippen molar-refractivity contribution in [1.29, 1.82) is 0 Å². The monoisotopic (exact) mass is 242 g/mol. The molecule has 2 N–H and O–H groups in total. The first kappa shape index (κ1) is 11.0. The summed E-state index contributed by atoms with van der Waals surface area (Å²) >= 11 is 0. The quantitative estimate of drug-likeness (QED) is 0.485. The highest BCUT2D eigenvalue weighted by molar-refractivity contribution is 6.14. The highest BCUT2D eigenvalue weighted by Gasteiger charge is 2.58. The van der Waals surface area contributed by atoms with E-state index in [0.717, 1.165) is 18.4 Å². The Morgan fingerprint density at radius 1 is 1.39 bits per heavy atom.